The van der Waals surface area contributed by atoms with Crippen LogP contribution >= 0.6 is 11.8 Å². The molecule has 2 amide bonds. The minimum atomic E-state index is -0.931. The molecule has 0 aliphatic carbocycles. The summed E-state index contributed by atoms with van der Waals surface area (Å²) in [5.74, 6) is 2.92. The Balaban J connectivity index is 2.27. The summed E-state index contributed by atoms with van der Waals surface area (Å²) in [6.07, 6.45) is 6.37. The Bertz CT molecular complexity index is 327. The van der Waals surface area contributed by atoms with Gasteiger partial charge in [0.15, 0.2) is 0 Å². The molecule has 94 valence electrons. The van der Waals surface area contributed by atoms with E-state index in [1.165, 1.54) is 4.90 Å². The van der Waals surface area contributed by atoms with E-state index in [-0.39, 0.29) is 6.03 Å². The average Bonchev–Trinajstić information content (AvgIpc) is 2.77. The normalized spacial score (nSPS) is 18.8. The maximum absolute atomic E-state index is 11.7. The van der Waals surface area contributed by atoms with E-state index in [0.717, 1.165) is 12.2 Å². The predicted molar refractivity (Wildman–Crippen MR) is 66.9 cm³/mol. The topological polar surface area (TPSA) is 69.6 Å². The second kappa shape index (κ2) is 7.07. The number of aliphatic carboxylic acids is 1. The van der Waals surface area contributed by atoms with Crippen LogP contribution in [0.1, 0.15) is 12.8 Å². The minimum Gasteiger partial charge on any atom is -0.480 e. The van der Waals surface area contributed by atoms with Gasteiger partial charge in [-0.15, -0.1) is 18.2 Å². The fourth-order valence-corrected chi connectivity index (χ4v) is 2.24. The summed E-state index contributed by atoms with van der Waals surface area (Å²) in [4.78, 5) is 24.0. The molecule has 0 aromatic heterocycles. The summed E-state index contributed by atoms with van der Waals surface area (Å²) in [5.41, 5.74) is 0. The van der Waals surface area contributed by atoms with E-state index in [0.29, 0.717) is 25.3 Å². The van der Waals surface area contributed by atoms with Gasteiger partial charge in [-0.1, -0.05) is 5.92 Å². The van der Waals surface area contributed by atoms with Crippen molar-refractivity contribution in [1.82, 2.24) is 10.2 Å². The molecule has 17 heavy (non-hydrogen) atoms. The summed E-state index contributed by atoms with van der Waals surface area (Å²) < 4.78 is 0. The molecule has 1 heterocycles. The van der Waals surface area contributed by atoms with E-state index < -0.39 is 12.0 Å². The van der Waals surface area contributed by atoms with Crippen LogP contribution in [0.5, 0.6) is 0 Å². The summed E-state index contributed by atoms with van der Waals surface area (Å²) in [6, 6.07) is -0.968. The Morgan fingerprint density at radius 3 is 3.00 bits per heavy atom. The summed E-state index contributed by atoms with van der Waals surface area (Å²) in [6.45, 7) is 1.02. The molecule has 1 aliphatic heterocycles. The molecule has 1 rings (SSSR count). The number of thioether (sulfide) groups is 1. The predicted octanol–water partition coefficient (Wildman–Crippen LogP) is 0.611. The Morgan fingerprint density at radius 1 is 1.59 bits per heavy atom. The van der Waals surface area contributed by atoms with E-state index >= 15 is 0 Å². The zero-order valence-electron chi connectivity index (χ0n) is 9.52. The third-order valence-corrected chi connectivity index (χ3v) is 3.37. The minimum absolute atomic E-state index is 0.295. The van der Waals surface area contributed by atoms with Crippen LogP contribution in [-0.4, -0.2) is 52.6 Å². The number of carbonyl (C=O) groups excluding carboxylic acids is 1. The maximum atomic E-state index is 11.7. The van der Waals surface area contributed by atoms with E-state index in [4.69, 9.17) is 11.5 Å². The van der Waals surface area contributed by atoms with Crippen molar-refractivity contribution in [3.05, 3.63) is 0 Å². The van der Waals surface area contributed by atoms with Gasteiger partial charge in [0.25, 0.3) is 0 Å². The van der Waals surface area contributed by atoms with Gasteiger partial charge >= 0.3 is 12.0 Å². The van der Waals surface area contributed by atoms with Gasteiger partial charge in [-0.05, 0) is 12.8 Å². The van der Waals surface area contributed by atoms with Gasteiger partial charge in [0.1, 0.15) is 6.04 Å². The molecule has 0 radical (unpaired) electrons. The second-order valence-corrected chi connectivity index (χ2v) is 4.78. The molecule has 0 unspecified atom stereocenters. The first-order chi connectivity index (χ1) is 8.16. The maximum Gasteiger partial charge on any atom is 0.326 e. The zero-order valence-corrected chi connectivity index (χ0v) is 10.3. The SMILES string of the molecule is C#CCSCCNC(=O)N1CCC[C@@H]1C(=O)O. The number of urea groups is 1. The van der Waals surface area contributed by atoms with Crippen molar-refractivity contribution in [2.45, 2.75) is 18.9 Å². The average molecular weight is 256 g/mol. The number of hydrogen-bond donors (Lipinski definition) is 2. The van der Waals surface area contributed by atoms with Crippen LogP contribution in [0.2, 0.25) is 0 Å². The van der Waals surface area contributed by atoms with E-state index in [9.17, 15) is 9.59 Å². The van der Waals surface area contributed by atoms with Gasteiger partial charge in [-0.25, -0.2) is 9.59 Å². The number of carbonyl (C=O) groups is 2. The first kappa shape index (κ1) is 13.7. The lowest BCUT2D eigenvalue weighted by molar-refractivity contribution is -0.141. The van der Waals surface area contributed by atoms with Crippen LogP contribution in [0.25, 0.3) is 0 Å². The number of nitrogens with zero attached hydrogens (tertiary/aromatic N) is 1. The van der Waals surface area contributed by atoms with Crippen LogP contribution in [-0.2, 0) is 4.79 Å². The van der Waals surface area contributed by atoms with Crippen molar-refractivity contribution in [3.8, 4) is 12.3 Å². The first-order valence-electron chi connectivity index (χ1n) is 5.45. The Kier molecular flexibility index (Phi) is 5.70. The molecule has 1 saturated heterocycles. The van der Waals surface area contributed by atoms with Gasteiger partial charge in [0.05, 0.1) is 5.75 Å². The van der Waals surface area contributed by atoms with E-state index in [2.05, 4.69) is 11.2 Å². The van der Waals surface area contributed by atoms with Crippen LogP contribution in [0.4, 0.5) is 4.79 Å². The van der Waals surface area contributed by atoms with Crippen LogP contribution in [0.3, 0.4) is 0 Å². The zero-order chi connectivity index (χ0) is 12.7. The van der Waals surface area contributed by atoms with Gasteiger partial charge in [0, 0.05) is 18.8 Å². The molecular weight excluding hydrogens is 240 g/mol. The van der Waals surface area contributed by atoms with Crippen molar-refractivity contribution >= 4 is 23.8 Å². The fourth-order valence-electron chi connectivity index (χ4n) is 1.73. The van der Waals surface area contributed by atoms with Gasteiger partial charge in [-0.2, -0.15) is 0 Å². The van der Waals surface area contributed by atoms with Gasteiger partial charge in [-0.3, -0.25) is 0 Å². The van der Waals surface area contributed by atoms with Gasteiger partial charge in [0.2, 0.25) is 0 Å². The van der Waals surface area contributed by atoms with Crippen molar-refractivity contribution < 1.29 is 14.7 Å². The molecule has 6 heteroatoms. The smallest absolute Gasteiger partial charge is 0.326 e. The highest BCUT2D eigenvalue weighted by molar-refractivity contribution is 7.99. The number of carboxylic acid groups (broad SMARTS) is 1. The van der Waals surface area contributed by atoms with Crippen molar-refractivity contribution in [2.24, 2.45) is 0 Å². The molecule has 0 aromatic carbocycles. The van der Waals surface area contributed by atoms with E-state index in [1.54, 1.807) is 11.8 Å². The molecule has 0 aromatic rings. The number of terminal acetylenes is 1. The van der Waals surface area contributed by atoms with E-state index in [1.807, 2.05) is 0 Å². The largest absolute Gasteiger partial charge is 0.480 e. The molecule has 0 saturated carbocycles. The van der Waals surface area contributed by atoms with Crippen molar-refractivity contribution in [1.29, 1.82) is 0 Å². The first-order valence-corrected chi connectivity index (χ1v) is 6.60. The lowest BCUT2D eigenvalue weighted by Gasteiger charge is -2.21. The van der Waals surface area contributed by atoms with Crippen LogP contribution in [0, 0.1) is 12.3 Å². The number of rotatable bonds is 5. The molecule has 1 aliphatic rings. The quantitative estimate of drug-likeness (QED) is 0.558. The molecule has 5 nitrogen and oxygen atoms in total. The summed E-state index contributed by atoms with van der Waals surface area (Å²) in [7, 11) is 0. The number of carboxylic acids is 1. The van der Waals surface area contributed by atoms with Crippen molar-refractivity contribution in [2.75, 3.05) is 24.6 Å². The summed E-state index contributed by atoms with van der Waals surface area (Å²) >= 11 is 1.56. The molecule has 2 N–H and O–H groups in total. The third kappa shape index (κ3) is 4.19. The highest BCUT2D eigenvalue weighted by Gasteiger charge is 2.33. The van der Waals surface area contributed by atoms with Crippen LogP contribution in [0.15, 0.2) is 0 Å². The number of hydrogen-bond acceptors (Lipinski definition) is 3. The Morgan fingerprint density at radius 2 is 2.35 bits per heavy atom. The number of nitrogens with one attached hydrogen (secondary N) is 1. The number of amides is 2. The Hall–Kier alpha value is -1.35. The third-order valence-electron chi connectivity index (χ3n) is 2.51. The highest BCUT2D eigenvalue weighted by atomic mass is 32.2. The second-order valence-electron chi connectivity index (χ2n) is 3.68. The highest BCUT2D eigenvalue weighted by Crippen LogP contribution is 2.17. The molecular formula is C11H16N2O3S. The lowest BCUT2D eigenvalue weighted by Crippen LogP contribution is -2.46. The van der Waals surface area contributed by atoms with Crippen molar-refractivity contribution in [3.63, 3.8) is 0 Å². The van der Waals surface area contributed by atoms with Gasteiger partial charge < -0.3 is 15.3 Å². The summed E-state index contributed by atoms with van der Waals surface area (Å²) in [5, 5.41) is 11.6. The lowest BCUT2D eigenvalue weighted by atomic mass is 10.2. The molecule has 1 atom stereocenters. The fraction of sp³-hybridized carbons (Fsp3) is 0.636. The van der Waals surface area contributed by atoms with Crippen LogP contribution < -0.4 is 5.32 Å². The monoisotopic (exact) mass is 256 g/mol. The standard InChI is InChI=1S/C11H16N2O3S/c1-2-7-17-8-5-12-11(16)13-6-3-4-9(13)10(14)15/h1,9H,3-8H2,(H,12,16)(H,14,15)/t9-/m1/s1. The molecule has 0 bridgehead atoms. The molecule has 1 fully saturated rings. The Labute approximate surface area is 105 Å². The number of likely N-dealkylation sites (tertiary alicyclic amines) is 1. The molecule has 0 spiro atoms.